The summed E-state index contributed by atoms with van der Waals surface area (Å²) in [6, 6.07) is 1.82. The van der Waals surface area contributed by atoms with E-state index >= 15 is 0 Å². The molecule has 1 aliphatic carbocycles. The summed E-state index contributed by atoms with van der Waals surface area (Å²) in [5.74, 6) is -0.666. The summed E-state index contributed by atoms with van der Waals surface area (Å²) in [7, 11) is 1.60. The van der Waals surface area contributed by atoms with Crippen LogP contribution in [0.5, 0.6) is 0 Å². The summed E-state index contributed by atoms with van der Waals surface area (Å²) in [5, 5.41) is 15.7. The van der Waals surface area contributed by atoms with Crippen LogP contribution in [-0.2, 0) is 4.79 Å². The van der Waals surface area contributed by atoms with Crippen LogP contribution < -0.4 is 0 Å². The van der Waals surface area contributed by atoms with E-state index < -0.39 is 5.97 Å². The van der Waals surface area contributed by atoms with Crippen LogP contribution in [0.15, 0.2) is 6.07 Å². The van der Waals surface area contributed by atoms with E-state index in [0.717, 1.165) is 18.5 Å². The van der Waals surface area contributed by atoms with Gasteiger partial charge < -0.3 is 10.0 Å². The predicted molar refractivity (Wildman–Crippen MR) is 73.6 cm³/mol. The fraction of sp³-hybridized carbons (Fsp3) is 0.643. The number of carbonyl (C=O) groups excluding carboxylic acids is 1. The number of nitrogens with one attached hydrogen (secondary N) is 1. The molecule has 0 radical (unpaired) electrons. The molecule has 6 heteroatoms. The number of amides is 1. The monoisotopic (exact) mass is 279 g/mol. The SMILES string of the molecule is CN(CCC(=O)O)C(=O)c1cc(C2CCCCC2)[nH]n1. The van der Waals surface area contributed by atoms with Crippen LogP contribution in [0, 0.1) is 0 Å². The third-order valence-corrected chi connectivity index (χ3v) is 3.87. The Morgan fingerprint density at radius 3 is 2.75 bits per heavy atom. The number of carboxylic acid groups (broad SMARTS) is 1. The summed E-state index contributed by atoms with van der Waals surface area (Å²) < 4.78 is 0. The van der Waals surface area contributed by atoms with E-state index in [4.69, 9.17) is 5.11 Å². The van der Waals surface area contributed by atoms with Crippen LogP contribution in [0.2, 0.25) is 0 Å². The number of carbonyl (C=O) groups is 2. The number of aliphatic carboxylic acids is 1. The number of nitrogens with zero attached hydrogens (tertiary/aromatic N) is 2. The Labute approximate surface area is 118 Å². The van der Waals surface area contributed by atoms with Crippen molar-refractivity contribution in [2.75, 3.05) is 13.6 Å². The van der Waals surface area contributed by atoms with E-state index in [0.29, 0.717) is 11.6 Å². The second-order valence-electron chi connectivity index (χ2n) is 5.41. The van der Waals surface area contributed by atoms with Crippen LogP contribution in [0.3, 0.4) is 0 Å². The fourth-order valence-electron chi connectivity index (χ4n) is 2.63. The van der Waals surface area contributed by atoms with Crippen molar-refractivity contribution in [1.29, 1.82) is 0 Å². The van der Waals surface area contributed by atoms with Crippen LogP contribution >= 0.6 is 0 Å². The highest BCUT2D eigenvalue weighted by molar-refractivity contribution is 5.92. The highest BCUT2D eigenvalue weighted by Crippen LogP contribution is 2.31. The predicted octanol–water partition coefficient (Wildman–Crippen LogP) is 2.00. The molecule has 0 atom stereocenters. The average molecular weight is 279 g/mol. The topological polar surface area (TPSA) is 86.3 Å². The zero-order chi connectivity index (χ0) is 14.5. The Morgan fingerprint density at radius 1 is 1.40 bits per heavy atom. The molecule has 110 valence electrons. The lowest BCUT2D eigenvalue weighted by molar-refractivity contribution is -0.137. The summed E-state index contributed by atoms with van der Waals surface area (Å²) >= 11 is 0. The minimum Gasteiger partial charge on any atom is -0.481 e. The van der Waals surface area contributed by atoms with Gasteiger partial charge in [0.25, 0.3) is 5.91 Å². The number of hydrogen-bond donors (Lipinski definition) is 2. The van der Waals surface area contributed by atoms with Gasteiger partial charge in [-0.3, -0.25) is 14.7 Å². The average Bonchev–Trinajstić information content (AvgIpc) is 2.94. The Morgan fingerprint density at radius 2 is 2.10 bits per heavy atom. The van der Waals surface area contributed by atoms with Crippen LogP contribution in [0.1, 0.15) is 60.6 Å². The zero-order valence-electron chi connectivity index (χ0n) is 11.8. The minimum atomic E-state index is -0.908. The number of aromatic amines is 1. The molecule has 1 fully saturated rings. The summed E-state index contributed by atoms with van der Waals surface area (Å²) in [4.78, 5) is 24.0. The third kappa shape index (κ3) is 3.59. The molecule has 0 saturated heterocycles. The number of H-pyrrole nitrogens is 1. The zero-order valence-corrected chi connectivity index (χ0v) is 11.8. The quantitative estimate of drug-likeness (QED) is 0.863. The Balaban J connectivity index is 1.96. The molecule has 0 spiro atoms. The fourth-order valence-corrected chi connectivity index (χ4v) is 2.63. The van der Waals surface area contributed by atoms with E-state index in [1.54, 1.807) is 7.05 Å². The second kappa shape index (κ2) is 6.54. The van der Waals surface area contributed by atoms with Gasteiger partial charge in [0.15, 0.2) is 0 Å². The van der Waals surface area contributed by atoms with E-state index in [9.17, 15) is 9.59 Å². The Bertz CT molecular complexity index is 478. The van der Waals surface area contributed by atoms with Gasteiger partial charge in [-0.1, -0.05) is 19.3 Å². The molecule has 2 N–H and O–H groups in total. The van der Waals surface area contributed by atoms with Gasteiger partial charge >= 0.3 is 5.97 Å². The lowest BCUT2D eigenvalue weighted by atomic mass is 9.87. The van der Waals surface area contributed by atoms with E-state index in [-0.39, 0.29) is 18.9 Å². The lowest BCUT2D eigenvalue weighted by Gasteiger charge is -2.19. The van der Waals surface area contributed by atoms with Gasteiger partial charge in [0.2, 0.25) is 0 Å². The van der Waals surface area contributed by atoms with Crippen LogP contribution in [0.25, 0.3) is 0 Å². The van der Waals surface area contributed by atoms with Gasteiger partial charge in [-0.05, 0) is 18.9 Å². The van der Waals surface area contributed by atoms with Gasteiger partial charge in [-0.25, -0.2) is 0 Å². The van der Waals surface area contributed by atoms with Crippen molar-refractivity contribution in [3.63, 3.8) is 0 Å². The largest absolute Gasteiger partial charge is 0.481 e. The summed E-state index contributed by atoms with van der Waals surface area (Å²) in [6.45, 7) is 0.194. The number of aromatic nitrogens is 2. The molecule has 0 aliphatic heterocycles. The van der Waals surface area contributed by atoms with Crippen molar-refractivity contribution in [2.24, 2.45) is 0 Å². The molecule has 1 aromatic rings. The molecule has 6 nitrogen and oxygen atoms in total. The smallest absolute Gasteiger partial charge is 0.305 e. The highest BCUT2D eigenvalue weighted by Gasteiger charge is 2.21. The maximum atomic E-state index is 12.1. The number of rotatable bonds is 5. The second-order valence-corrected chi connectivity index (χ2v) is 5.41. The first-order valence-electron chi connectivity index (χ1n) is 7.10. The molecular weight excluding hydrogens is 258 g/mol. The van der Waals surface area contributed by atoms with Crippen LogP contribution in [0.4, 0.5) is 0 Å². The first-order valence-corrected chi connectivity index (χ1v) is 7.10. The normalized spacial score (nSPS) is 16.1. The third-order valence-electron chi connectivity index (χ3n) is 3.87. The van der Waals surface area contributed by atoms with Crippen molar-refractivity contribution in [1.82, 2.24) is 15.1 Å². The molecule has 0 unspecified atom stereocenters. The van der Waals surface area contributed by atoms with Crippen molar-refractivity contribution in [3.8, 4) is 0 Å². The van der Waals surface area contributed by atoms with Gasteiger partial charge in [-0.2, -0.15) is 5.10 Å². The number of hydrogen-bond acceptors (Lipinski definition) is 3. The molecule has 1 aliphatic rings. The molecular formula is C14H21N3O3. The molecule has 20 heavy (non-hydrogen) atoms. The molecule has 1 saturated carbocycles. The van der Waals surface area contributed by atoms with Crippen LogP contribution in [-0.4, -0.2) is 45.7 Å². The Hall–Kier alpha value is -1.85. The number of carboxylic acids is 1. The minimum absolute atomic E-state index is 0.0534. The van der Waals surface area contributed by atoms with Gasteiger partial charge in [0, 0.05) is 25.2 Å². The standard InChI is InChI=1S/C14H21N3O3/c1-17(8-7-13(18)19)14(20)12-9-11(15-16-12)10-5-3-2-4-6-10/h9-10H,2-8H2,1H3,(H,15,16)(H,18,19). The molecule has 2 rings (SSSR count). The van der Waals surface area contributed by atoms with Crippen molar-refractivity contribution < 1.29 is 14.7 Å². The maximum absolute atomic E-state index is 12.1. The van der Waals surface area contributed by atoms with E-state index in [1.807, 2.05) is 6.07 Å². The van der Waals surface area contributed by atoms with Gasteiger partial charge in [0.05, 0.1) is 6.42 Å². The summed E-state index contributed by atoms with van der Waals surface area (Å²) in [6.07, 6.45) is 5.98. The first kappa shape index (κ1) is 14.6. The molecule has 1 heterocycles. The molecule has 1 amide bonds. The van der Waals surface area contributed by atoms with E-state index in [1.165, 1.54) is 24.2 Å². The van der Waals surface area contributed by atoms with Gasteiger partial charge in [0.1, 0.15) is 5.69 Å². The first-order chi connectivity index (χ1) is 9.58. The van der Waals surface area contributed by atoms with Crippen molar-refractivity contribution in [3.05, 3.63) is 17.5 Å². The molecule has 0 bridgehead atoms. The summed E-state index contributed by atoms with van der Waals surface area (Å²) in [5.41, 5.74) is 1.40. The van der Waals surface area contributed by atoms with E-state index in [2.05, 4.69) is 10.2 Å². The molecule has 0 aromatic carbocycles. The van der Waals surface area contributed by atoms with Gasteiger partial charge in [-0.15, -0.1) is 0 Å². The highest BCUT2D eigenvalue weighted by atomic mass is 16.4. The van der Waals surface area contributed by atoms with Crippen molar-refractivity contribution >= 4 is 11.9 Å². The Kier molecular flexibility index (Phi) is 4.76. The maximum Gasteiger partial charge on any atom is 0.305 e. The lowest BCUT2D eigenvalue weighted by Crippen LogP contribution is -2.29. The molecule has 1 aromatic heterocycles. The van der Waals surface area contributed by atoms with Crippen molar-refractivity contribution in [2.45, 2.75) is 44.4 Å².